The summed E-state index contributed by atoms with van der Waals surface area (Å²) in [6, 6.07) is 18.3. The van der Waals surface area contributed by atoms with Crippen LogP contribution in [0.5, 0.6) is 5.75 Å². The molecule has 0 aliphatic carbocycles. The number of benzene rings is 2. The van der Waals surface area contributed by atoms with Crippen LogP contribution in [0.25, 0.3) is 0 Å². The van der Waals surface area contributed by atoms with Gasteiger partial charge in [0.1, 0.15) is 5.75 Å². The first kappa shape index (κ1) is 18.0. The highest BCUT2D eigenvalue weighted by Crippen LogP contribution is 2.28. The number of aromatic nitrogens is 3. The molecule has 4 rings (SSSR count). The summed E-state index contributed by atoms with van der Waals surface area (Å²) in [5.41, 5.74) is 2.32. The van der Waals surface area contributed by atoms with Crippen molar-refractivity contribution in [2.24, 2.45) is 0 Å². The van der Waals surface area contributed by atoms with E-state index in [1.54, 1.807) is 13.3 Å². The Balaban J connectivity index is 1.38. The molecule has 0 unspecified atom stereocenters. The van der Waals surface area contributed by atoms with Gasteiger partial charge in [0.2, 0.25) is 5.95 Å². The normalized spacial score (nSPS) is 14.0. The summed E-state index contributed by atoms with van der Waals surface area (Å²) in [7, 11) is 1.71. The molecule has 3 aromatic rings. The summed E-state index contributed by atoms with van der Waals surface area (Å²) in [6.07, 6.45) is 1.73. The van der Waals surface area contributed by atoms with Gasteiger partial charge in [-0.2, -0.15) is 10.1 Å². The number of piperazine rings is 1. The Bertz CT molecular complexity index is 896. The molecule has 1 aliphatic heterocycles. The molecular formula is C21H24N6O. The SMILES string of the molecule is COc1ccccc1N1CCN(c2cnnc(NCc3ccccc3)n2)CC1. The van der Waals surface area contributed by atoms with E-state index in [1.807, 2.05) is 36.4 Å². The number of hydrogen-bond acceptors (Lipinski definition) is 7. The maximum absolute atomic E-state index is 5.49. The van der Waals surface area contributed by atoms with Gasteiger partial charge >= 0.3 is 0 Å². The first-order valence-electron chi connectivity index (χ1n) is 9.44. The van der Waals surface area contributed by atoms with E-state index in [0.29, 0.717) is 12.5 Å². The molecule has 7 nitrogen and oxygen atoms in total. The molecule has 0 saturated carbocycles. The van der Waals surface area contributed by atoms with Crippen LogP contribution in [0, 0.1) is 0 Å². The smallest absolute Gasteiger partial charge is 0.244 e. The predicted octanol–water partition coefficient (Wildman–Crippen LogP) is 2.82. The topological polar surface area (TPSA) is 66.4 Å². The molecule has 1 N–H and O–H groups in total. The number of nitrogens with zero attached hydrogens (tertiary/aromatic N) is 5. The van der Waals surface area contributed by atoms with E-state index >= 15 is 0 Å². The van der Waals surface area contributed by atoms with Crippen LogP contribution in [0.1, 0.15) is 5.56 Å². The average Bonchev–Trinajstić information content (AvgIpc) is 2.79. The van der Waals surface area contributed by atoms with Crippen molar-refractivity contribution in [3.63, 3.8) is 0 Å². The van der Waals surface area contributed by atoms with Crippen molar-refractivity contribution in [2.75, 3.05) is 48.4 Å². The van der Waals surface area contributed by atoms with Crippen molar-refractivity contribution < 1.29 is 4.74 Å². The molecule has 0 radical (unpaired) electrons. The molecule has 0 atom stereocenters. The highest BCUT2D eigenvalue weighted by Gasteiger charge is 2.21. The largest absolute Gasteiger partial charge is 0.495 e. The second kappa shape index (κ2) is 8.56. The van der Waals surface area contributed by atoms with E-state index < -0.39 is 0 Å². The van der Waals surface area contributed by atoms with E-state index in [2.05, 4.69) is 48.5 Å². The molecule has 2 heterocycles. The summed E-state index contributed by atoms with van der Waals surface area (Å²) < 4.78 is 5.49. The second-order valence-electron chi connectivity index (χ2n) is 6.62. The fourth-order valence-corrected chi connectivity index (χ4v) is 3.37. The quantitative estimate of drug-likeness (QED) is 0.709. The molecular weight excluding hydrogens is 352 g/mol. The average molecular weight is 376 g/mol. The van der Waals surface area contributed by atoms with Crippen molar-refractivity contribution in [2.45, 2.75) is 6.54 Å². The monoisotopic (exact) mass is 376 g/mol. The van der Waals surface area contributed by atoms with Crippen LogP contribution in [0.4, 0.5) is 17.5 Å². The van der Waals surface area contributed by atoms with Crippen molar-refractivity contribution in [1.82, 2.24) is 15.2 Å². The van der Waals surface area contributed by atoms with Gasteiger partial charge in [-0.25, -0.2) is 0 Å². The lowest BCUT2D eigenvalue weighted by Crippen LogP contribution is -2.47. The van der Waals surface area contributed by atoms with Crippen LogP contribution in [0.15, 0.2) is 60.8 Å². The van der Waals surface area contributed by atoms with Gasteiger partial charge in [0, 0.05) is 32.7 Å². The number of ether oxygens (including phenoxy) is 1. The minimum Gasteiger partial charge on any atom is -0.495 e. The number of para-hydroxylation sites is 2. The summed E-state index contributed by atoms with van der Waals surface area (Å²) in [4.78, 5) is 9.23. The Hall–Kier alpha value is -3.35. The van der Waals surface area contributed by atoms with Crippen LogP contribution in [-0.2, 0) is 6.54 Å². The van der Waals surface area contributed by atoms with Gasteiger partial charge < -0.3 is 19.9 Å². The molecule has 144 valence electrons. The van der Waals surface area contributed by atoms with Crippen molar-refractivity contribution in [3.8, 4) is 5.75 Å². The fraction of sp³-hybridized carbons (Fsp3) is 0.286. The van der Waals surface area contributed by atoms with Gasteiger partial charge in [0.25, 0.3) is 0 Å². The number of rotatable bonds is 6. The van der Waals surface area contributed by atoms with Crippen molar-refractivity contribution >= 4 is 17.5 Å². The highest BCUT2D eigenvalue weighted by molar-refractivity contribution is 5.59. The maximum Gasteiger partial charge on any atom is 0.244 e. The zero-order valence-electron chi connectivity index (χ0n) is 16.0. The Kier molecular flexibility index (Phi) is 5.51. The lowest BCUT2D eigenvalue weighted by molar-refractivity contribution is 0.413. The van der Waals surface area contributed by atoms with E-state index in [-0.39, 0.29) is 0 Å². The number of methoxy groups -OCH3 is 1. The maximum atomic E-state index is 5.49. The summed E-state index contributed by atoms with van der Waals surface area (Å²) >= 11 is 0. The standard InChI is InChI=1S/C21H24N6O/c1-28-19-10-6-5-9-18(19)26-11-13-27(14-12-26)20-16-23-25-21(24-20)22-15-17-7-3-2-4-8-17/h2-10,16H,11-15H2,1H3,(H,22,24,25). The molecule has 1 fully saturated rings. The van der Waals surface area contributed by atoms with Crippen LogP contribution in [-0.4, -0.2) is 48.5 Å². The number of nitrogens with one attached hydrogen (secondary N) is 1. The number of anilines is 3. The van der Waals surface area contributed by atoms with Gasteiger partial charge in [0.05, 0.1) is 19.0 Å². The Morgan fingerprint density at radius 3 is 2.43 bits per heavy atom. The summed E-state index contributed by atoms with van der Waals surface area (Å²) in [5, 5.41) is 11.5. The first-order chi connectivity index (χ1) is 13.8. The zero-order chi connectivity index (χ0) is 19.2. The van der Waals surface area contributed by atoms with Gasteiger partial charge in [-0.1, -0.05) is 42.5 Å². The summed E-state index contributed by atoms with van der Waals surface area (Å²) in [5.74, 6) is 2.31. The minimum atomic E-state index is 0.550. The minimum absolute atomic E-state index is 0.550. The Labute approximate surface area is 165 Å². The molecule has 2 aromatic carbocycles. The molecule has 0 bridgehead atoms. The van der Waals surface area contributed by atoms with Crippen molar-refractivity contribution in [3.05, 3.63) is 66.4 Å². The van der Waals surface area contributed by atoms with Gasteiger partial charge in [-0.15, -0.1) is 5.10 Å². The van der Waals surface area contributed by atoms with Gasteiger partial charge in [-0.3, -0.25) is 0 Å². The van der Waals surface area contributed by atoms with Crippen LogP contribution < -0.4 is 19.9 Å². The number of hydrogen-bond donors (Lipinski definition) is 1. The molecule has 1 aromatic heterocycles. The summed E-state index contributed by atoms with van der Waals surface area (Å²) in [6.45, 7) is 4.21. The predicted molar refractivity (Wildman–Crippen MR) is 111 cm³/mol. The first-order valence-corrected chi connectivity index (χ1v) is 9.44. The third kappa shape index (κ3) is 4.14. The molecule has 7 heteroatoms. The molecule has 0 amide bonds. The Morgan fingerprint density at radius 1 is 0.929 bits per heavy atom. The fourth-order valence-electron chi connectivity index (χ4n) is 3.37. The van der Waals surface area contributed by atoms with Crippen LogP contribution >= 0.6 is 0 Å². The molecule has 1 saturated heterocycles. The molecule has 0 spiro atoms. The second-order valence-corrected chi connectivity index (χ2v) is 6.62. The van der Waals surface area contributed by atoms with E-state index in [1.165, 1.54) is 5.56 Å². The third-order valence-electron chi connectivity index (χ3n) is 4.87. The highest BCUT2D eigenvalue weighted by atomic mass is 16.5. The third-order valence-corrected chi connectivity index (χ3v) is 4.87. The molecule has 28 heavy (non-hydrogen) atoms. The zero-order valence-corrected chi connectivity index (χ0v) is 16.0. The lowest BCUT2D eigenvalue weighted by atomic mass is 10.2. The van der Waals surface area contributed by atoms with Gasteiger partial charge in [0.15, 0.2) is 5.82 Å². The Morgan fingerprint density at radius 2 is 1.64 bits per heavy atom. The van der Waals surface area contributed by atoms with Crippen molar-refractivity contribution in [1.29, 1.82) is 0 Å². The van der Waals surface area contributed by atoms with E-state index in [9.17, 15) is 0 Å². The lowest BCUT2D eigenvalue weighted by Gasteiger charge is -2.37. The van der Waals surface area contributed by atoms with E-state index in [0.717, 1.165) is 43.4 Å². The van der Waals surface area contributed by atoms with E-state index in [4.69, 9.17) is 4.74 Å². The van der Waals surface area contributed by atoms with Gasteiger partial charge in [-0.05, 0) is 17.7 Å². The van der Waals surface area contributed by atoms with Crippen LogP contribution in [0.3, 0.4) is 0 Å². The van der Waals surface area contributed by atoms with Crippen LogP contribution in [0.2, 0.25) is 0 Å². The molecule has 1 aliphatic rings.